The molecule has 0 aromatic carbocycles. The first kappa shape index (κ1) is 8.89. The zero-order valence-electron chi connectivity index (χ0n) is 7.25. The highest BCUT2D eigenvalue weighted by atomic mass is 16.6. The molecular weight excluding hydrogens is 188 g/mol. The topological polar surface area (TPSA) is 77.7 Å². The molecule has 1 aliphatic rings. The number of ether oxygens (including phenoxy) is 1. The lowest BCUT2D eigenvalue weighted by Gasteiger charge is -2.01. The molecule has 1 saturated heterocycles. The van der Waals surface area contributed by atoms with Crippen LogP contribution in [0.15, 0.2) is 23.3 Å². The van der Waals surface area contributed by atoms with E-state index >= 15 is 0 Å². The molecule has 1 fully saturated rings. The summed E-state index contributed by atoms with van der Waals surface area (Å²) >= 11 is 0. The average molecular weight is 196 g/mol. The number of aromatic nitrogens is 1. The average Bonchev–Trinajstić information content (AvgIpc) is 2.92. The molecule has 2 heterocycles. The Morgan fingerprint density at radius 3 is 3.00 bits per heavy atom. The van der Waals surface area contributed by atoms with Crippen molar-refractivity contribution in [3.63, 3.8) is 0 Å². The molecule has 74 valence electrons. The summed E-state index contributed by atoms with van der Waals surface area (Å²) in [6.07, 6.45) is 2.90. The highest BCUT2D eigenvalue weighted by molar-refractivity contribution is 5.25. The van der Waals surface area contributed by atoms with E-state index in [2.05, 4.69) is 0 Å². The Morgan fingerprint density at radius 1 is 1.71 bits per heavy atom. The summed E-state index contributed by atoms with van der Waals surface area (Å²) < 4.78 is 6.57. The molecule has 0 radical (unpaired) electrons. The van der Waals surface area contributed by atoms with E-state index in [0.717, 1.165) is 0 Å². The van der Waals surface area contributed by atoms with E-state index in [0.29, 0.717) is 13.2 Å². The number of epoxide rings is 1. The summed E-state index contributed by atoms with van der Waals surface area (Å²) in [5.74, 6) is 0. The molecule has 0 aliphatic carbocycles. The van der Waals surface area contributed by atoms with Gasteiger partial charge in [0.2, 0.25) is 0 Å². The summed E-state index contributed by atoms with van der Waals surface area (Å²) in [7, 11) is 0. The summed E-state index contributed by atoms with van der Waals surface area (Å²) in [5, 5.41) is 10.4. The maximum atomic E-state index is 11.0. The Kier molecular flexibility index (Phi) is 2.05. The zero-order chi connectivity index (χ0) is 10.1. The van der Waals surface area contributed by atoms with Crippen molar-refractivity contribution in [1.29, 1.82) is 0 Å². The van der Waals surface area contributed by atoms with E-state index in [-0.39, 0.29) is 6.10 Å². The SMILES string of the molecule is O=c1ccn(C[C@H]2CO2)cc1[N+](=O)[O-]. The van der Waals surface area contributed by atoms with Gasteiger partial charge in [-0.1, -0.05) is 0 Å². The second kappa shape index (κ2) is 3.22. The van der Waals surface area contributed by atoms with Crippen molar-refractivity contribution in [3.05, 3.63) is 38.8 Å². The van der Waals surface area contributed by atoms with Gasteiger partial charge in [0, 0.05) is 12.3 Å². The van der Waals surface area contributed by atoms with Crippen molar-refractivity contribution in [2.75, 3.05) is 6.61 Å². The van der Waals surface area contributed by atoms with Gasteiger partial charge in [-0.05, 0) is 0 Å². The van der Waals surface area contributed by atoms with Crippen LogP contribution in [0.1, 0.15) is 0 Å². The molecule has 0 unspecified atom stereocenters. The standard InChI is InChI=1S/C8H8N2O4/c11-8-1-2-9(3-6-5-14-6)4-7(8)10(12)13/h1-2,4,6H,3,5H2/t6-/m0/s1. The van der Waals surface area contributed by atoms with Gasteiger partial charge >= 0.3 is 5.69 Å². The largest absolute Gasteiger partial charge is 0.371 e. The van der Waals surface area contributed by atoms with Gasteiger partial charge in [0.1, 0.15) is 0 Å². The predicted octanol–water partition coefficient (Wildman–Crippen LogP) is 0.155. The van der Waals surface area contributed by atoms with Gasteiger partial charge in [-0.2, -0.15) is 0 Å². The van der Waals surface area contributed by atoms with Crippen LogP contribution in [0.4, 0.5) is 5.69 Å². The van der Waals surface area contributed by atoms with Gasteiger partial charge in [0.25, 0.3) is 5.43 Å². The molecule has 0 saturated carbocycles. The lowest BCUT2D eigenvalue weighted by atomic mass is 10.4. The number of hydrogen-bond donors (Lipinski definition) is 0. The van der Waals surface area contributed by atoms with Crippen molar-refractivity contribution in [2.24, 2.45) is 0 Å². The van der Waals surface area contributed by atoms with Gasteiger partial charge in [-0.15, -0.1) is 0 Å². The van der Waals surface area contributed by atoms with Crippen LogP contribution in [0.25, 0.3) is 0 Å². The molecule has 1 aromatic heterocycles. The highest BCUT2D eigenvalue weighted by Crippen LogP contribution is 2.12. The van der Waals surface area contributed by atoms with Crippen LogP contribution in [0.5, 0.6) is 0 Å². The zero-order valence-corrected chi connectivity index (χ0v) is 7.25. The van der Waals surface area contributed by atoms with Crippen LogP contribution in [0.3, 0.4) is 0 Å². The third-order valence-corrected chi connectivity index (χ3v) is 1.97. The van der Waals surface area contributed by atoms with Crippen LogP contribution < -0.4 is 5.43 Å². The molecule has 1 atom stereocenters. The number of pyridine rings is 1. The molecule has 6 heteroatoms. The van der Waals surface area contributed by atoms with Gasteiger partial charge in [0.15, 0.2) is 0 Å². The second-order valence-electron chi connectivity index (χ2n) is 3.10. The Morgan fingerprint density at radius 2 is 2.43 bits per heavy atom. The molecular formula is C8H8N2O4. The van der Waals surface area contributed by atoms with E-state index in [9.17, 15) is 14.9 Å². The minimum absolute atomic E-state index is 0.136. The number of hydrogen-bond acceptors (Lipinski definition) is 4. The van der Waals surface area contributed by atoms with E-state index in [1.165, 1.54) is 18.5 Å². The van der Waals surface area contributed by atoms with Crippen LogP contribution in [0.2, 0.25) is 0 Å². The fourth-order valence-electron chi connectivity index (χ4n) is 1.17. The molecule has 0 N–H and O–H groups in total. The summed E-state index contributed by atoms with van der Waals surface area (Å²) in [6.45, 7) is 1.24. The normalized spacial score (nSPS) is 19.3. The predicted molar refractivity (Wildman–Crippen MR) is 47.1 cm³/mol. The lowest BCUT2D eigenvalue weighted by Crippen LogP contribution is -2.12. The Bertz CT molecular complexity index is 422. The van der Waals surface area contributed by atoms with Crippen LogP contribution >= 0.6 is 0 Å². The van der Waals surface area contributed by atoms with Crippen molar-refractivity contribution in [1.82, 2.24) is 4.57 Å². The first-order chi connectivity index (χ1) is 6.66. The fraction of sp³-hybridized carbons (Fsp3) is 0.375. The van der Waals surface area contributed by atoms with E-state index in [4.69, 9.17) is 4.74 Å². The molecule has 0 bridgehead atoms. The van der Waals surface area contributed by atoms with Crippen molar-refractivity contribution >= 4 is 5.69 Å². The molecule has 14 heavy (non-hydrogen) atoms. The first-order valence-electron chi connectivity index (χ1n) is 4.13. The molecule has 0 spiro atoms. The Balaban J connectivity index is 2.29. The van der Waals surface area contributed by atoms with Crippen molar-refractivity contribution in [3.8, 4) is 0 Å². The molecule has 6 nitrogen and oxygen atoms in total. The number of nitro groups is 1. The van der Waals surface area contributed by atoms with Crippen molar-refractivity contribution < 1.29 is 9.66 Å². The second-order valence-corrected chi connectivity index (χ2v) is 3.10. The Hall–Kier alpha value is -1.69. The number of nitrogens with zero attached hydrogens (tertiary/aromatic N) is 2. The van der Waals surface area contributed by atoms with E-state index in [1.807, 2.05) is 0 Å². The summed E-state index contributed by atoms with van der Waals surface area (Å²) in [6, 6.07) is 1.19. The van der Waals surface area contributed by atoms with Gasteiger partial charge in [-0.3, -0.25) is 14.9 Å². The smallest absolute Gasteiger partial charge is 0.332 e. The molecule has 2 rings (SSSR count). The van der Waals surface area contributed by atoms with Crippen LogP contribution in [-0.4, -0.2) is 22.2 Å². The quantitative estimate of drug-likeness (QED) is 0.391. The van der Waals surface area contributed by atoms with Crippen LogP contribution in [-0.2, 0) is 11.3 Å². The van der Waals surface area contributed by atoms with Crippen LogP contribution in [0, 0.1) is 10.1 Å². The minimum Gasteiger partial charge on any atom is -0.371 e. The third-order valence-electron chi connectivity index (χ3n) is 1.97. The fourth-order valence-corrected chi connectivity index (χ4v) is 1.17. The van der Waals surface area contributed by atoms with E-state index in [1.54, 1.807) is 4.57 Å². The first-order valence-corrected chi connectivity index (χ1v) is 4.13. The third kappa shape index (κ3) is 1.80. The van der Waals surface area contributed by atoms with E-state index < -0.39 is 16.0 Å². The van der Waals surface area contributed by atoms with Gasteiger partial charge < -0.3 is 9.30 Å². The van der Waals surface area contributed by atoms with Crippen molar-refractivity contribution in [2.45, 2.75) is 12.6 Å². The highest BCUT2D eigenvalue weighted by Gasteiger charge is 2.23. The maximum Gasteiger partial charge on any atom is 0.332 e. The molecule has 1 aliphatic heterocycles. The Labute approximate surface area is 78.9 Å². The maximum absolute atomic E-state index is 11.0. The monoisotopic (exact) mass is 196 g/mol. The summed E-state index contributed by atoms with van der Waals surface area (Å²) in [5.41, 5.74) is -0.962. The minimum atomic E-state index is -0.674. The molecule has 1 aromatic rings. The number of rotatable bonds is 3. The van der Waals surface area contributed by atoms with Gasteiger partial charge in [0.05, 0.1) is 30.4 Å². The summed E-state index contributed by atoms with van der Waals surface area (Å²) in [4.78, 5) is 20.8. The van der Waals surface area contributed by atoms with Gasteiger partial charge in [-0.25, -0.2) is 0 Å². The lowest BCUT2D eigenvalue weighted by molar-refractivity contribution is -0.386. The molecule has 0 amide bonds.